The predicted octanol–water partition coefficient (Wildman–Crippen LogP) is 2.47. The third-order valence-electron chi connectivity index (χ3n) is 3.35. The predicted molar refractivity (Wildman–Crippen MR) is 91.5 cm³/mol. The van der Waals surface area contributed by atoms with E-state index in [0.29, 0.717) is 23.8 Å². The summed E-state index contributed by atoms with van der Waals surface area (Å²) in [5.41, 5.74) is 0.465. The highest BCUT2D eigenvalue weighted by Gasteiger charge is 2.21. The van der Waals surface area contributed by atoms with Crippen LogP contribution in [0.15, 0.2) is 40.7 Å². The molecule has 124 valence electrons. The third kappa shape index (κ3) is 4.15. The number of aromatic nitrogens is 1. The number of Topliss-reactive ketones (excluding diaryl/α,β-unsaturated/α-hetero) is 1. The summed E-state index contributed by atoms with van der Waals surface area (Å²) in [6, 6.07) is 6.04. The molecule has 0 aliphatic rings. The van der Waals surface area contributed by atoms with E-state index < -0.39 is 10.0 Å². The number of nitrogens with zero attached hydrogens (tertiary/aromatic N) is 2. The van der Waals surface area contributed by atoms with Crippen LogP contribution < -0.4 is 5.32 Å². The fourth-order valence-corrected chi connectivity index (χ4v) is 4.08. The molecule has 6 nitrogen and oxygen atoms in total. The van der Waals surface area contributed by atoms with E-state index in [-0.39, 0.29) is 17.2 Å². The van der Waals surface area contributed by atoms with Crippen LogP contribution in [0.4, 0.5) is 5.13 Å². The molecule has 0 saturated heterocycles. The molecule has 0 amide bonds. The lowest BCUT2D eigenvalue weighted by atomic mass is 10.1. The summed E-state index contributed by atoms with van der Waals surface area (Å²) in [5.74, 6) is -0.119. The Morgan fingerprint density at radius 2 is 1.87 bits per heavy atom. The largest absolute Gasteiger partial charge is 0.354 e. The minimum atomic E-state index is -3.49. The normalized spacial score (nSPS) is 11.6. The molecule has 0 unspecified atom stereocenters. The van der Waals surface area contributed by atoms with Crippen molar-refractivity contribution in [2.75, 3.05) is 25.0 Å². The molecule has 8 heteroatoms. The molecule has 0 atom stereocenters. The van der Waals surface area contributed by atoms with Gasteiger partial charge < -0.3 is 5.32 Å². The number of hydrogen-bond donors (Lipinski definition) is 1. The molecule has 0 radical (unpaired) electrons. The molecule has 1 heterocycles. The van der Waals surface area contributed by atoms with E-state index in [1.807, 2.05) is 5.38 Å². The van der Waals surface area contributed by atoms with Crippen LogP contribution in [0.25, 0.3) is 0 Å². The van der Waals surface area contributed by atoms with Crippen LogP contribution >= 0.6 is 11.3 Å². The molecule has 0 bridgehead atoms. The second-order valence-electron chi connectivity index (χ2n) is 4.73. The van der Waals surface area contributed by atoms with Gasteiger partial charge in [-0.15, -0.1) is 11.3 Å². The van der Waals surface area contributed by atoms with E-state index in [1.165, 1.54) is 27.8 Å². The van der Waals surface area contributed by atoms with Gasteiger partial charge in [-0.2, -0.15) is 4.31 Å². The van der Waals surface area contributed by atoms with Crippen LogP contribution in [0.5, 0.6) is 0 Å². The fraction of sp³-hybridized carbons (Fsp3) is 0.333. The van der Waals surface area contributed by atoms with Gasteiger partial charge >= 0.3 is 0 Å². The zero-order valence-corrected chi connectivity index (χ0v) is 14.7. The Morgan fingerprint density at radius 3 is 2.39 bits per heavy atom. The summed E-state index contributed by atoms with van der Waals surface area (Å²) in [6.45, 7) is 4.54. The molecule has 2 aromatic rings. The number of ketones is 1. The molecule has 1 aromatic heterocycles. The Balaban J connectivity index is 2.08. The second kappa shape index (κ2) is 7.67. The van der Waals surface area contributed by atoms with Crippen molar-refractivity contribution in [3.05, 3.63) is 41.4 Å². The Bertz CT molecular complexity index is 737. The second-order valence-corrected chi connectivity index (χ2v) is 7.56. The van der Waals surface area contributed by atoms with Crippen molar-refractivity contribution >= 4 is 32.3 Å². The van der Waals surface area contributed by atoms with Crippen molar-refractivity contribution in [3.8, 4) is 0 Å². The van der Waals surface area contributed by atoms with Gasteiger partial charge in [0, 0.05) is 30.2 Å². The summed E-state index contributed by atoms with van der Waals surface area (Å²) in [5, 5.41) is 5.43. The highest BCUT2D eigenvalue weighted by Crippen LogP contribution is 2.17. The third-order valence-corrected chi connectivity index (χ3v) is 6.15. The van der Waals surface area contributed by atoms with Gasteiger partial charge in [0.1, 0.15) is 0 Å². The fourth-order valence-electron chi connectivity index (χ4n) is 2.09. The van der Waals surface area contributed by atoms with E-state index in [2.05, 4.69) is 10.3 Å². The summed E-state index contributed by atoms with van der Waals surface area (Å²) >= 11 is 1.41. The average Bonchev–Trinajstić information content (AvgIpc) is 3.07. The van der Waals surface area contributed by atoms with Gasteiger partial charge in [0.2, 0.25) is 10.0 Å². The maximum Gasteiger partial charge on any atom is 0.243 e. The van der Waals surface area contributed by atoms with Crippen molar-refractivity contribution < 1.29 is 13.2 Å². The smallest absolute Gasteiger partial charge is 0.243 e. The van der Waals surface area contributed by atoms with E-state index in [4.69, 9.17) is 0 Å². The number of rotatable bonds is 8. The summed E-state index contributed by atoms with van der Waals surface area (Å²) in [7, 11) is -3.49. The van der Waals surface area contributed by atoms with Crippen LogP contribution in [0.3, 0.4) is 0 Å². The molecule has 1 N–H and O–H groups in total. The van der Waals surface area contributed by atoms with Gasteiger partial charge in [-0.1, -0.05) is 13.8 Å². The van der Waals surface area contributed by atoms with Gasteiger partial charge in [0.05, 0.1) is 11.4 Å². The van der Waals surface area contributed by atoms with E-state index in [9.17, 15) is 13.2 Å². The van der Waals surface area contributed by atoms with Crippen LogP contribution in [0, 0.1) is 0 Å². The number of thiazole rings is 1. The monoisotopic (exact) mass is 353 g/mol. The number of anilines is 1. The lowest BCUT2D eigenvalue weighted by Gasteiger charge is -2.18. The van der Waals surface area contributed by atoms with Gasteiger partial charge in [-0.05, 0) is 24.3 Å². The first-order chi connectivity index (χ1) is 11.0. The zero-order valence-electron chi connectivity index (χ0n) is 13.0. The minimum Gasteiger partial charge on any atom is -0.354 e. The Labute approximate surface area is 140 Å². The SMILES string of the molecule is CCN(CC)S(=O)(=O)c1ccc(C(=O)CNc2nccs2)cc1. The number of benzene rings is 1. The number of carbonyl (C=O) groups is 1. The molecule has 23 heavy (non-hydrogen) atoms. The maximum atomic E-state index is 12.4. The van der Waals surface area contributed by atoms with Crippen LogP contribution in [0.1, 0.15) is 24.2 Å². The average molecular weight is 353 g/mol. The lowest BCUT2D eigenvalue weighted by molar-refractivity contribution is 0.101. The molecule has 0 aliphatic carbocycles. The topological polar surface area (TPSA) is 79.4 Å². The van der Waals surface area contributed by atoms with E-state index in [0.717, 1.165) is 0 Å². The quantitative estimate of drug-likeness (QED) is 0.738. The van der Waals surface area contributed by atoms with Crippen molar-refractivity contribution in [2.24, 2.45) is 0 Å². The molecule has 2 rings (SSSR count). The van der Waals surface area contributed by atoms with Crippen molar-refractivity contribution in [3.63, 3.8) is 0 Å². The highest BCUT2D eigenvalue weighted by atomic mass is 32.2. The van der Waals surface area contributed by atoms with Crippen molar-refractivity contribution in [1.82, 2.24) is 9.29 Å². The molecule has 1 aromatic carbocycles. The molecular weight excluding hydrogens is 334 g/mol. The summed E-state index contributed by atoms with van der Waals surface area (Å²) in [4.78, 5) is 16.3. The van der Waals surface area contributed by atoms with Gasteiger partial charge in [0.15, 0.2) is 10.9 Å². The molecule has 0 fully saturated rings. The highest BCUT2D eigenvalue weighted by molar-refractivity contribution is 7.89. The van der Waals surface area contributed by atoms with Crippen LogP contribution in [0.2, 0.25) is 0 Å². The first-order valence-electron chi connectivity index (χ1n) is 7.25. The lowest BCUT2D eigenvalue weighted by Crippen LogP contribution is -2.30. The summed E-state index contributed by atoms with van der Waals surface area (Å²) in [6.07, 6.45) is 1.66. The Morgan fingerprint density at radius 1 is 1.22 bits per heavy atom. The number of carbonyl (C=O) groups excluding carboxylic acids is 1. The molecule has 0 aliphatic heterocycles. The molecular formula is C15H19N3O3S2. The Kier molecular flexibility index (Phi) is 5.86. The van der Waals surface area contributed by atoms with Crippen LogP contribution in [-0.4, -0.2) is 43.1 Å². The Hall–Kier alpha value is -1.77. The first kappa shape index (κ1) is 17.6. The first-order valence-corrected chi connectivity index (χ1v) is 9.57. The van der Waals surface area contributed by atoms with Gasteiger partial charge in [-0.3, -0.25) is 4.79 Å². The number of hydrogen-bond acceptors (Lipinski definition) is 6. The van der Waals surface area contributed by atoms with Gasteiger partial charge in [0.25, 0.3) is 0 Å². The van der Waals surface area contributed by atoms with E-state index in [1.54, 1.807) is 32.2 Å². The number of sulfonamides is 1. The maximum absolute atomic E-state index is 12.4. The van der Waals surface area contributed by atoms with Crippen molar-refractivity contribution in [2.45, 2.75) is 18.7 Å². The number of nitrogens with one attached hydrogen (secondary N) is 1. The minimum absolute atomic E-state index is 0.119. The standard InChI is InChI=1S/C15H19N3O3S2/c1-3-18(4-2)23(20,21)13-7-5-12(6-8-13)14(19)11-17-15-16-9-10-22-15/h5-10H,3-4,11H2,1-2H3,(H,16,17). The molecule has 0 saturated carbocycles. The van der Waals surface area contributed by atoms with Gasteiger partial charge in [-0.25, -0.2) is 13.4 Å². The zero-order chi connectivity index (χ0) is 16.9. The van der Waals surface area contributed by atoms with E-state index >= 15 is 0 Å². The molecule has 0 spiro atoms. The summed E-state index contributed by atoms with van der Waals surface area (Å²) < 4.78 is 26.1. The van der Waals surface area contributed by atoms with Crippen LogP contribution in [-0.2, 0) is 10.0 Å². The van der Waals surface area contributed by atoms with Crippen molar-refractivity contribution in [1.29, 1.82) is 0 Å².